The topological polar surface area (TPSA) is 144 Å². The van der Waals surface area contributed by atoms with Gasteiger partial charge >= 0.3 is 0 Å². The number of carbonyl (C=O) groups is 3. The van der Waals surface area contributed by atoms with Gasteiger partial charge < -0.3 is 16.8 Å². The Hall–Kier alpha value is -4.31. The first-order chi connectivity index (χ1) is 18.4. The Balaban J connectivity index is 1.95. The number of anilines is 2. The van der Waals surface area contributed by atoms with E-state index < -0.39 is 23.4 Å². The Kier molecular flexibility index (Phi) is 7.69. The molecule has 9 nitrogen and oxygen atoms in total. The number of benzene rings is 2. The summed E-state index contributed by atoms with van der Waals surface area (Å²) in [5.74, 6) is -1.52. The number of nitrogens with two attached hydrogens (primary N) is 2. The number of nitrogens with one attached hydrogen (secondary N) is 1. The van der Waals surface area contributed by atoms with Crippen LogP contribution in [0.2, 0.25) is 0 Å². The van der Waals surface area contributed by atoms with Crippen LogP contribution in [0.25, 0.3) is 10.9 Å². The van der Waals surface area contributed by atoms with Crippen LogP contribution in [0.15, 0.2) is 60.8 Å². The van der Waals surface area contributed by atoms with Crippen molar-refractivity contribution in [3.8, 4) is 0 Å². The maximum absolute atomic E-state index is 14.2. The van der Waals surface area contributed by atoms with Gasteiger partial charge in [-0.3, -0.25) is 24.3 Å². The molecule has 10 heteroatoms. The number of amides is 3. The van der Waals surface area contributed by atoms with Crippen LogP contribution in [0.3, 0.4) is 0 Å². The first kappa shape index (κ1) is 27.7. The van der Waals surface area contributed by atoms with Crippen molar-refractivity contribution in [1.82, 2.24) is 14.7 Å². The largest absolute Gasteiger partial charge is 0.395 e. The quantitative estimate of drug-likeness (QED) is 0.305. The van der Waals surface area contributed by atoms with Crippen LogP contribution in [0.1, 0.15) is 77.9 Å². The normalized spacial score (nSPS) is 12.4. The minimum absolute atomic E-state index is 0.0211. The molecule has 5 N–H and O–H groups in total. The van der Waals surface area contributed by atoms with Gasteiger partial charge in [-0.2, -0.15) is 4.37 Å². The Morgan fingerprint density at radius 3 is 2.26 bits per heavy atom. The molecule has 202 valence electrons. The molecular formula is C29H32N6O3S. The van der Waals surface area contributed by atoms with Crippen LogP contribution >= 0.6 is 11.5 Å². The number of carbonyl (C=O) groups excluding carboxylic acids is 3. The fourth-order valence-corrected chi connectivity index (χ4v) is 5.00. The van der Waals surface area contributed by atoms with Crippen LogP contribution in [0.5, 0.6) is 0 Å². The second-order valence-electron chi connectivity index (χ2n) is 10.7. The van der Waals surface area contributed by atoms with Crippen LogP contribution in [0.4, 0.5) is 11.4 Å². The lowest BCUT2D eigenvalue weighted by Crippen LogP contribution is -2.49. The lowest BCUT2D eigenvalue weighted by Gasteiger charge is -2.34. The molecule has 0 saturated carbocycles. The zero-order chi connectivity index (χ0) is 28.5. The van der Waals surface area contributed by atoms with Crippen molar-refractivity contribution in [2.75, 3.05) is 10.6 Å². The molecule has 0 aliphatic carbocycles. The number of pyridine rings is 1. The highest BCUT2D eigenvalue weighted by Gasteiger charge is 2.37. The highest BCUT2D eigenvalue weighted by atomic mass is 32.1. The number of aromatic nitrogens is 2. The second kappa shape index (κ2) is 10.8. The lowest BCUT2D eigenvalue weighted by atomic mass is 9.98. The van der Waals surface area contributed by atoms with Crippen molar-refractivity contribution in [3.63, 3.8) is 0 Å². The SMILES string of the molecule is CC(C)c1ccc(N(C(=O)c2snc(C(N)=O)c2N)[C@H](C(=O)NC(C)(C)C)c2ccc3ncccc3c2)cc1. The number of rotatable bonds is 7. The van der Waals surface area contributed by atoms with Crippen molar-refractivity contribution in [2.45, 2.75) is 52.1 Å². The van der Waals surface area contributed by atoms with Gasteiger partial charge in [0.05, 0.1) is 11.2 Å². The van der Waals surface area contributed by atoms with E-state index in [-0.39, 0.29) is 28.1 Å². The molecular weight excluding hydrogens is 512 g/mol. The summed E-state index contributed by atoms with van der Waals surface area (Å²) in [5, 5.41) is 3.84. The molecule has 4 aromatic rings. The number of hydrogen-bond acceptors (Lipinski definition) is 7. The predicted octanol–water partition coefficient (Wildman–Crippen LogP) is 4.80. The first-order valence-electron chi connectivity index (χ1n) is 12.5. The molecule has 2 aromatic heterocycles. The van der Waals surface area contributed by atoms with Gasteiger partial charge in [-0.1, -0.05) is 38.1 Å². The smallest absolute Gasteiger partial charge is 0.273 e. The highest BCUT2D eigenvalue weighted by Crippen LogP contribution is 2.35. The van der Waals surface area contributed by atoms with E-state index in [1.54, 1.807) is 24.4 Å². The Labute approximate surface area is 231 Å². The summed E-state index contributed by atoms with van der Waals surface area (Å²) in [6, 6.07) is 15.5. The maximum Gasteiger partial charge on any atom is 0.273 e. The zero-order valence-corrected chi connectivity index (χ0v) is 23.4. The first-order valence-corrected chi connectivity index (χ1v) is 13.3. The van der Waals surface area contributed by atoms with Gasteiger partial charge in [0.25, 0.3) is 11.8 Å². The van der Waals surface area contributed by atoms with Crippen LogP contribution in [-0.2, 0) is 4.79 Å². The van der Waals surface area contributed by atoms with E-state index in [2.05, 4.69) is 28.5 Å². The number of hydrogen-bond donors (Lipinski definition) is 3. The van der Waals surface area contributed by atoms with Crippen molar-refractivity contribution in [2.24, 2.45) is 5.73 Å². The van der Waals surface area contributed by atoms with E-state index in [9.17, 15) is 14.4 Å². The Bertz CT molecular complexity index is 1540. The number of primary amides is 1. The standard InChI is InChI=1S/C29H32N6O3S/c1-16(2)17-8-11-20(12-9-17)35(28(38)25-22(30)23(26(31)36)34-39-25)24(27(37)33-29(3,4)5)19-10-13-21-18(15-19)7-6-14-32-21/h6-16,24H,30H2,1-5H3,(H2,31,36)(H,33,37)/t24-/m0/s1. The second-order valence-corrected chi connectivity index (χ2v) is 11.4. The Morgan fingerprint density at radius 1 is 1.00 bits per heavy atom. The monoisotopic (exact) mass is 544 g/mol. The fourth-order valence-electron chi connectivity index (χ4n) is 4.26. The molecule has 0 fully saturated rings. The van der Waals surface area contributed by atoms with Gasteiger partial charge in [0.1, 0.15) is 10.9 Å². The molecule has 0 saturated heterocycles. The lowest BCUT2D eigenvalue weighted by molar-refractivity contribution is -0.123. The highest BCUT2D eigenvalue weighted by molar-refractivity contribution is 7.09. The Morgan fingerprint density at radius 2 is 1.67 bits per heavy atom. The average molecular weight is 545 g/mol. The van der Waals surface area contributed by atoms with E-state index in [1.165, 1.54) is 4.90 Å². The summed E-state index contributed by atoms with van der Waals surface area (Å²) in [7, 11) is 0. The summed E-state index contributed by atoms with van der Waals surface area (Å²) >= 11 is 0.775. The number of fused-ring (bicyclic) bond motifs is 1. The third-order valence-electron chi connectivity index (χ3n) is 6.16. The summed E-state index contributed by atoms with van der Waals surface area (Å²) in [4.78, 5) is 45.9. The molecule has 39 heavy (non-hydrogen) atoms. The molecule has 0 bridgehead atoms. The summed E-state index contributed by atoms with van der Waals surface area (Å²) in [6.07, 6.45) is 1.70. The minimum Gasteiger partial charge on any atom is -0.395 e. The van der Waals surface area contributed by atoms with Gasteiger partial charge in [-0.05, 0) is 79.7 Å². The van der Waals surface area contributed by atoms with Crippen LogP contribution in [-0.4, -0.2) is 32.6 Å². The molecule has 2 aromatic carbocycles. The van der Waals surface area contributed by atoms with Gasteiger partial charge in [0, 0.05) is 22.8 Å². The van der Waals surface area contributed by atoms with E-state index in [4.69, 9.17) is 11.5 Å². The fraction of sp³-hybridized carbons (Fsp3) is 0.276. The van der Waals surface area contributed by atoms with E-state index in [0.29, 0.717) is 11.3 Å². The van der Waals surface area contributed by atoms with Crippen molar-refractivity contribution >= 4 is 51.5 Å². The molecule has 0 aliphatic heterocycles. The summed E-state index contributed by atoms with van der Waals surface area (Å²) < 4.78 is 4.01. The predicted molar refractivity (Wildman–Crippen MR) is 155 cm³/mol. The maximum atomic E-state index is 14.2. The number of nitrogens with zero attached hydrogens (tertiary/aromatic N) is 3. The van der Waals surface area contributed by atoms with Crippen LogP contribution < -0.4 is 21.7 Å². The van der Waals surface area contributed by atoms with Crippen molar-refractivity contribution in [3.05, 3.63) is 82.5 Å². The van der Waals surface area contributed by atoms with Crippen molar-refractivity contribution in [1.29, 1.82) is 0 Å². The molecule has 0 aliphatic rings. The van der Waals surface area contributed by atoms with Crippen LogP contribution in [0, 0.1) is 0 Å². The molecule has 0 spiro atoms. The van der Waals surface area contributed by atoms with Gasteiger partial charge in [-0.25, -0.2) is 0 Å². The van der Waals surface area contributed by atoms with E-state index in [1.807, 2.05) is 57.2 Å². The minimum atomic E-state index is -1.08. The van der Waals surface area contributed by atoms with E-state index >= 15 is 0 Å². The third-order valence-corrected chi connectivity index (χ3v) is 7.01. The molecule has 4 rings (SSSR count). The summed E-state index contributed by atoms with van der Waals surface area (Å²) in [6.45, 7) is 9.76. The number of nitrogen functional groups attached to an aromatic ring is 1. The average Bonchev–Trinajstić information content (AvgIpc) is 3.27. The van der Waals surface area contributed by atoms with Gasteiger partial charge in [-0.15, -0.1) is 0 Å². The van der Waals surface area contributed by atoms with Gasteiger partial charge in [0.2, 0.25) is 5.91 Å². The van der Waals surface area contributed by atoms with Crippen molar-refractivity contribution < 1.29 is 14.4 Å². The molecule has 2 heterocycles. The summed E-state index contributed by atoms with van der Waals surface area (Å²) in [5.41, 5.74) is 13.6. The zero-order valence-electron chi connectivity index (χ0n) is 22.6. The molecule has 0 unspecified atom stereocenters. The molecule has 0 radical (unpaired) electrons. The van der Waals surface area contributed by atoms with Gasteiger partial charge in [0.15, 0.2) is 5.69 Å². The molecule has 1 atom stereocenters. The van der Waals surface area contributed by atoms with E-state index in [0.717, 1.165) is 28.0 Å². The molecule has 3 amide bonds. The third kappa shape index (κ3) is 5.91.